The average Bonchev–Trinajstić information content (AvgIpc) is 2.72. The van der Waals surface area contributed by atoms with Crippen LogP contribution in [0.1, 0.15) is 23.2 Å². The highest BCUT2D eigenvalue weighted by molar-refractivity contribution is 6.33. The van der Waals surface area contributed by atoms with Crippen LogP contribution in [0.2, 0.25) is 5.02 Å². The van der Waals surface area contributed by atoms with Crippen LogP contribution in [0.3, 0.4) is 0 Å². The number of nitrogens with one attached hydrogen (secondary N) is 1. The molecule has 0 bridgehead atoms. The predicted molar refractivity (Wildman–Crippen MR) is 108 cm³/mol. The smallest absolute Gasteiger partial charge is 0.255 e. The average molecular weight is 429 g/mol. The van der Waals surface area contributed by atoms with Gasteiger partial charge in [-0.1, -0.05) is 11.6 Å². The molecule has 1 amide bonds. The molecule has 8 nitrogen and oxygen atoms in total. The first kappa shape index (κ1) is 22.0. The molecule has 2 aliphatic heterocycles. The molecule has 2 aliphatic rings. The number of methoxy groups -OCH3 is 2. The van der Waals surface area contributed by atoms with Crippen molar-refractivity contribution in [1.29, 1.82) is 0 Å². The van der Waals surface area contributed by atoms with Crippen molar-refractivity contribution < 1.29 is 28.8 Å². The second kappa shape index (κ2) is 10.3. The van der Waals surface area contributed by atoms with Crippen LogP contribution in [-0.2, 0) is 4.74 Å². The van der Waals surface area contributed by atoms with E-state index < -0.39 is 6.10 Å². The Morgan fingerprint density at radius 2 is 2.10 bits per heavy atom. The molecule has 2 atom stereocenters. The number of hydrogen-bond donors (Lipinski definition) is 2. The van der Waals surface area contributed by atoms with Gasteiger partial charge < -0.3 is 34.3 Å². The predicted octanol–water partition coefficient (Wildman–Crippen LogP) is 1.57. The Hall–Kier alpha value is -1.74. The highest BCUT2D eigenvalue weighted by Crippen LogP contribution is 2.46. The van der Waals surface area contributed by atoms with Gasteiger partial charge in [-0.25, -0.2) is 0 Å². The number of aliphatic hydroxyl groups is 1. The maximum atomic E-state index is 12.8. The highest BCUT2D eigenvalue weighted by atomic mass is 35.5. The summed E-state index contributed by atoms with van der Waals surface area (Å²) in [5.74, 6) is 0.726. The Kier molecular flexibility index (Phi) is 7.83. The van der Waals surface area contributed by atoms with E-state index in [0.717, 1.165) is 25.9 Å². The number of likely N-dealkylation sites (tertiary alicyclic amines) is 1. The van der Waals surface area contributed by atoms with Gasteiger partial charge in [-0.05, 0) is 25.5 Å². The number of carbonyl (C=O) groups is 1. The van der Waals surface area contributed by atoms with Crippen LogP contribution in [0.25, 0.3) is 0 Å². The number of halogens is 1. The number of fused-ring (bicyclic) bond motifs is 1. The lowest BCUT2D eigenvalue weighted by molar-refractivity contribution is 0.0192. The van der Waals surface area contributed by atoms with E-state index in [1.54, 1.807) is 7.11 Å². The van der Waals surface area contributed by atoms with Crippen LogP contribution >= 0.6 is 11.6 Å². The molecule has 1 aromatic carbocycles. The molecule has 0 saturated carbocycles. The lowest BCUT2D eigenvalue weighted by Gasteiger charge is -2.36. The minimum atomic E-state index is -0.487. The fraction of sp³-hybridized carbons (Fsp3) is 0.650. The molecule has 0 aliphatic carbocycles. The van der Waals surface area contributed by atoms with Crippen molar-refractivity contribution in [3.05, 3.63) is 16.7 Å². The molecule has 2 N–H and O–H groups in total. The summed E-state index contributed by atoms with van der Waals surface area (Å²) in [6.07, 6.45) is 1.27. The van der Waals surface area contributed by atoms with Crippen molar-refractivity contribution in [3.63, 3.8) is 0 Å². The first-order valence-electron chi connectivity index (χ1n) is 9.88. The van der Waals surface area contributed by atoms with Gasteiger partial charge in [0.2, 0.25) is 5.75 Å². The summed E-state index contributed by atoms with van der Waals surface area (Å²) in [7, 11) is 3.18. The summed E-state index contributed by atoms with van der Waals surface area (Å²) in [6, 6.07) is 1.53. The van der Waals surface area contributed by atoms with Crippen LogP contribution < -0.4 is 19.5 Å². The van der Waals surface area contributed by atoms with E-state index >= 15 is 0 Å². The van der Waals surface area contributed by atoms with Crippen molar-refractivity contribution in [3.8, 4) is 17.2 Å². The molecule has 1 fully saturated rings. The molecule has 29 heavy (non-hydrogen) atoms. The topological polar surface area (TPSA) is 89.5 Å². The van der Waals surface area contributed by atoms with Gasteiger partial charge in [-0.2, -0.15) is 0 Å². The minimum Gasteiger partial charge on any atom is -0.491 e. The number of nitrogens with zero attached hydrogens (tertiary/aromatic N) is 1. The second-order valence-corrected chi connectivity index (χ2v) is 7.67. The van der Waals surface area contributed by atoms with Crippen LogP contribution in [0, 0.1) is 5.92 Å². The maximum absolute atomic E-state index is 12.8. The summed E-state index contributed by atoms with van der Waals surface area (Å²) in [5.41, 5.74) is 0.303. The molecule has 0 spiro atoms. The van der Waals surface area contributed by atoms with E-state index in [9.17, 15) is 9.90 Å². The van der Waals surface area contributed by atoms with Gasteiger partial charge in [0, 0.05) is 39.3 Å². The summed E-state index contributed by atoms with van der Waals surface area (Å²) < 4.78 is 21.6. The number of amides is 1. The van der Waals surface area contributed by atoms with E-state index in [0.29, 0.717) is 55.7 Å². The van der Waals surface area contributed by atoms with Gasteiger partial charge >= 0.3 is 0 Å². The third-order valence-electron chi connectivity index (χ3n) is 5.32. The number of β-amino-alcohol motifs (C(OH)–C–C–N with tert-alkyl or cyclic N) is 1. The summed E-state index contributed by atoms with van der Waals surface area (Å²) in [4.78, 5) is 15.0. The van der Waals surface area contributed by atoms with E-state index in [1.807, 2.05) is 0 Å². The molecule has 3 rings (SSSR count). The highest BCUT2D eigenvalue weighted by Gasteiger charge is 2.30. The minimum absolute atomic E-state index is 0.000611. The van der Waals surface area contributed by atoms with Gasteiger partial charge in [0.25, 0.3) is 5.91 Å². The van der Waals surface area contributed by atoms with E-state index in [2.05, 4.69) is 10.2 Å². The third kappa shape index (κ3) is 5.25. The van der Waals surface area contributed by atoms with E-state index in [-0.39, 0.29) is 16.8 Å². The lowest BCUT2D eigenvalue weighted by Crippen LogP contribution is -2.48. The van der Waals surface area contributed by atoms with Crippen LogP contribution in [0.15, 0.2) is 6.07 Å². The molecule has 1 saturated heterocycles. The molecule has 0 radical (unpaired) electrons. The van der Waals surface area contributed by atoms with E-state index in [4.69, 9.17) is 30.5 Å². The number of hydrogen-bond acceptors (Lipinski definition) is 7. The zero-order valence-corrected chi connectivity index (χ0v) is 17.7. The second-order valence-electron chi connectivity index (χ2n) is 7.27. The molecule has 2 heterocycles. The fourth-order valence-electron chi connectivity index (χ4n) is 3.75. The van der Waals surface area contributed by atoms with Crippen molar-refractivity contribution in [1.82, 2.24) is 10.2 Å². The Labute approximate surface area is 176 Å². The van der Waals surface area contributed by atoms with Crippen LogP contribution in [0.4, 0.5) is 0 Å². The van der Waals surface area contributed by atoms with Crippen LogP contribution in [-0.4, -0.2) is 82.2 Å². The first-order chi connectivity index (χ1) is 14.0. The number of piperidine rings is 1. The van der Waals surface area contributed by atoms with Crippen molar-refractivity contribution in [2.24, 2.45) is 5.92 Å². The summed E-state index contributed by atoms with van der Waals surface area (Å²) >= 11 is 6.26. The van der Waals surface area contributed by atoms with Gasteiger partial charge in [0.1, 0.15) is 13.2 Å². The first-order valence-corrected chi connectivity index (χ1v) is 10.3. The summed E-state index contributed by atoms with van der Waals surface area (Å²) in [6.45, 7) is 4.20. The molecule has 0 aromatic heterocycles. The Bertz CT molecular complexity index is 717. The van der Waals surface area contributed by atoms with Gasteiger partial charge in [0.15, 0.2) is 11.5 Å². The molecule has 9 heteroatoms. The number of ether oxygens (including phenoxy) is 4. The SMILES string of the molecule is COCCCN1CC[C@@H](CNC(=O)c2cc(Cl)c(OC)c3c2OCCO3)C(O)C1. The van der Waals surface area contributed by atoms with E-state index in [1.165, 1.54) is 13.2 Å². The van der Waals surface area contributed by atoms with Crippen LogP contribution in [0.5, 0.6) is 17.2 Å². The largest absolute Gasteiger partial charge is 0.491 e. The molecular formula is C20H29ClN2O6. The number of carbonyl (C=O) groups excluding carboxylic acids is 1. The van der Waals surface area contributed by atoms with Gasteiger partial charge in [-0.3, -0.25) is 4.79 Å². The molecular weight excluding hydrogens is 400 g/mol. The zero-order chi connectivity index (χ0) is 20.8. The zero-order valence-electron chi connectivity index (χ0n) is 16.9. The quantitative estimate of drug-likeness (QED) is 0.607. The number of aliphatic hydroxyl groups excluding tert-OH is 1. The summed E-state index contributed by atoms with van der Waals surface area (Å²) in [5, 5.41) is 13.7. The van der Waals surface area contributed by atoms with Crippen molar-refractivity contribution in [2.45, 2.75) is 18.9 Å². The third-order valence-corrected chi connectivity index (χ3v) is 5.60. The molecule has 1 unspecified atom stereocenters. The number of benzene rings is 1. The Balaban J connectivity index is 1.60. The van der Waals surface area contributed by atoms with Crippen molar-refractivity contribution in [2.75, 3.05) is 60.2 Å². The normalized spacial score (nSPS) is 21.7. The Morgan fingerprint density at radius 1 is 1.34 bits per heavy atom. The molecule has 1 aromatic rings. The van der Waals surface area contributed by atoms with Gasteiger partial charge in [0.05, 0.1) is 23.8 Å². The monoisotopic (exact) mass is 428 g/mol. The molecule has 162 valence electrons. The fourth-order valence-corrected chi connectivity index (χ4v) is 4.02. The van der Waals surface area contributed by atoms with Crippen molar-refractivity contribution >= 4 is 17.5 Å². The maximum Gasteiger partial charge on any atom is 0.255 e. The Morgan fingerprint density at radius 3 is 2.79 bits per heavy atom. The number of rotatable bonds is 8. The lowest BCUT2D eigenvalue weighted by atomic mass is 9.93. The standard InChI is InChI=1S/C20H29ClN2O6/c1-26-7-3-5-23-6-4-13(16(24)12-23)11-22-20(25)14-10-15(21)18(27-2)19-17(14)28-8-9-29-19/h10,13,16,24H,3-9,11-12H2,1-2H3,(H,22,25)/t13-,16?/m0/s1. The van der Waals surface area contributed by atoms with Gasteiger partial charge in [-0.15, -0.1) is 0 Å².